The van der Waals surface area contributed by atoms with Gasteiger partial charge in [-0.1, -0.05) is 18.2 Å². The van der Waals surface area contributed by atoms with Crippen molar-refractivity contribution in [2.45, 2.75) is 24.5 Å². The van der Waals surface area contributed by atoms with Crippen LogP contribution in [0.2, 0.25) is 0 Å². The molecule has 2 unspecified atom stereocenters. The van der Waals surface area contributed by atoms with Gasteiger partial charge in [0.1, 0.15) is 0 Å². The van der Waals surface area contributed by atoms with Crippen molar-refractivity contribution < 1.29 is 29.1 Å². The van der Waals surface area contributed by atoms with Crippen molar-refractivity contribution in [2.75, 3.05) is 14.1 Å². The average molecular weight is 476 g/mol. The summed E-state index contributed by atoms with van der Waals surface area (Å²) in [7, 11) is 3.14. The highest BCUT2D eigenvalue weighted by atomic mass is 16.3. The zero-order valence-electron chi connectivity index (χ0n) is 19.2. The van der Waals surface area contributed by atoms with Gasteiger partial charge in [0.15, 0.2) is 40.5 Å². The van der Waals surface area contributed by atoms with Gasteiger partial charge in [-0.25, -0.2) is 9.97 Å². The molecule has 0 radical (unpaired) electrons. The largest absolute Gasteiger partial charge is 0.374 e. The maximum Gasteiger partial charge on any atom is 0.235 e. The molecule has 3 aliphatic rings. The van der Waals surface area contributed by atoms with E-state index in [1.807, 2.05) is 0 Å². The van der Waals surface area contributed by atoms with Crippen molar-refractivity contribution in [3.63, 3.8) is 0 Å². The number of carbonyl (C=O) groups excluding carboxylic acids is 5. The lowest BCUT2D eigenvalue weighted by molar-refractivity contribution is -0.181. The molecule has 1 aromatic carbocycles. The zero-order chi connectivity index (χ0) is 25.2. The number of hydrogen-bond donors (Lipinski definition) is 2. The second-order valence-electron chi connectivity index (χ2n) is 9.69. The number of carbonyl (C=O) groups is 5. The number of rotatable bonds is 3. The van der Waals surface area contributed by atoms with Gasteiger partial charge in [0.2, 0.25) is 5.91 Å². The zero-order valence-corrected chi connectivity index (χ0v) is 19.2. The van der Waals surface area contributed by atoms with Crippen molar-refractivity contribution in [3.05, 3.63) is 47.8 Å². The Morgan fingerprint density at radius 2 is 1.71 bits per heavy atom. The van der Waals surface area contributed by atoms with Gasteiger partial charge < -0.3 is 10.8 Å². The van der Waals surface area contributed by atoms with Crippen LogP contribution in [0, 0.1) is 23.7 Å². The Hall–Kier alpha value is -3.63. The van der Waals surface area contributed by atoms with E-state index in [1.165, 1.54) is 4.90 Å². The Labute approximate surface area is 200 Å². The first-order chi connectivity index (χ1) is 16.6. The summed E-state index contributed by atoms with van der Waals surface area (Å²) in [5.41, 5.74) is 4.33. The Morgan fingerprint density at radius 3 is 2.34 bits per heavy atom. The van der Waals surface area contributed by atoms with E-state index < -0.39 is 64.4 Å². The van der Waals surface area contributed by atoms with Crippen LogP contribution in [0.15, 0.2) is 36.7 Å². The highest BCUT2D eigenvalue weighted by molar-refractivity contribution is 6.32. The quantitative estimate of drug-likeness (QED) is 0.563. The van der Waals surface area contributed by atoms with Gasteiger partial charge in [-0.15, -0.1) is 0 Å². The van der Waals surface area contributed by atoms with Gasteiger partial charge in [-0.2, -0.15) is 0 Å². The van der Waals surface area contributed by atoms with Crippen LogP contribution in [0.3, 0.4) is 0 Å². The highest BCUT2D eigenvalue weighted by Gasteiger charge is 2.69. The van der Waals surface area contributed by atoms with Crippen LogP contribution >= 0.6 is 0 Å². The molecule has 3 aliphatic carbocycles. The fraction of sp³-hybridized carbons (Fsp3) is 0.400. The number of aliphatic hydroxyl groups is 1. The molecule has 2 aromatic rings. The molecule has 1 amide bonds. The van der Waals surface area contributed by atoms with Crippen LogP contribution in [0.4, 0.5) is 0 Å². The summed E-state index contributed by atoms with van der Waals surface area (Å²) in [6, 6.07) is 5.66. The lowest BCUT2D eigenvalue weighted by Crippen LogP contribution is -2.74. The van der Waals surface area contributed by atoms with Crippen molar-refractivity contribution in [2.24, 2.45) is 29.4 Å². The third-order valence-electron chi connectivity index (χ3n) is 7.66. The molecule has 0 saturated heterocycles. The molecule has 3 N–H and O–H groups in total. The summed E-state index contributed by atoms with van der Waals surface area (Å²) in [5, 5.41) is 11.6. The van der Waals surface area contributed by atoms with E-state index in [1.54, 1.807) is 50.8 Å². The molecule has 2 saturated carbocycles. The Bertz CT molecular complexity index is 1290. The topological polar surface area (TPSA) is 161 Å². The van der Waals surface area contributed by atoms with E-state index in [9.17, 15) is 29.1 Å². The molecule has 180 valence electrons. The molecule has 10 heteroatoms. The number of fused-ring (bicyclic) bond motifs is 3. The van der Waals surface area contributed by atoms with Gasteiger partial charge >= 0.3 is 0 Å². The number of nitrogens with zero attached hydrogens (tertiary/aromatic N) is 3. The number of likely N-dealkylation sites (N-methyl/N-ethyl adjacent to an activating group) is 1. The van der Waals surface area contributed by atoms with Crippen LogP contribution in [-0.4, -0.2) is 74.8 Å². The molecule has 1 aromatic heterocycles. The molecule has 0 bridgehead atoms. The fourth-order valence-corrected chi connectivity index (χ4v) is 6.18. The van der Waals surface area contributed by atoms with E-state index >= 15 is 0 Å². The maximum atomic E-state index is 13.7. The van der Waals surface area contributed by atoms with E-state index in [0.717, 1.165) is 0 Å². The third-order valence-corrected chi connectivity index (χ3v) is 7.66. The van der Waals surface area contributed by atoms with Crippen LogP contribution in [0.25, 0.3) is 11.4 Å². The fourth-order valence-electron chi connectivity index (χ4n) is 6.18. The van der Waals surface area contributed by atoms with Crippen molar-refractivity contribution in [3.8, 4) is 11.4 Å². The molecule has 5 rings (SSSR count). The summed E-state index contributed by atoms with van der Waals surface area (Å²) in [6.07, 6.45) is 3.55. The monoisotopic (exact) mass is 476 g/mol. The van der Waals surface area contributed by atoms with E-state index in [-0.39, 0.29) is 6.42 Å². The van der Waals surface area contributed by atoms with Crippen molar-refractivity contribution in [1.82, 2.24) is 14.9 Å². The van der Waals surface area contributed by atoms with Crippen LogP contribution in [-0.2, 0) is 25.6 Å². The first-order valence-corrected chi connectivity index (χ1v) is 11.3. The number of hydrogen-bond acceptors (Lipinski definition) is 9. The highest BCUT2D eigenvalue weighted by Crippen LogP contribution is 2.50. The average Bonchev–Trinajstić information content (AvgIpc) is 2.81. The number of benzene rings is 1. The van der Waals surface area contributed by atoms with Gasteiger partial charge in [0, 0.05) is 29.4 Å². The predicted octanol–water partition coefficient (Wildman–Crippen LogP) is -0.382. The second-order valence-corrected chi connectivity index (χ2v) is 9.69. The van der Waals surface area contributed by atoms with Crippen LogP contribution < -0.4 is 5.73 Å². The minimum atomic E-state index is -2.66. The molecule has 10 nitrogen and oxygen atoms in total. The lowest BCUT2D eigenvalue weighted by atomic mass is 9.52. The number of ketones is 4. The van der Waals surface area contributed by atoms with E-state index in [4.69, 9.17) is 5.73 Å². The summed E-state index contributed by atoms with van der Waals surface area (Å²) < 4.78 is 0. The first kappa shape index (κ1) is 23.1. The minimum absolute atomic E-state index is 0.0634. The molecule has 2 fully saturated rings. The number of Topliss-reactive ketones (excluding diaryl/α,β-unsaturated/α-hetero) is 4. The molecule has 6 atom stereocenters. The lowest BCUT2D eigenvalue weighted by Gasteiger charge is -2.52. The van der Waals surface area contributed by atoms with Gasteiger partial charge in [-0.05, 0) is 44.5 Å². The molecule has 0 aliphatic heterocycles. The molecule has 1 heterocycles. The summed E-state index contributed by atoms with van der Waals surface area (Å²) >= 11 is 0. The van der Waals surface area contributed by atoms with Gasteiger partial charge in [0.05, 0.1) is 12.0 Å². The normalized spacial score (nSPS) is 32.2. The summed E-state index contributed by atoms with van der Waals surface area (Å²) in [5.74, 6) is -9.11. The number of primary amides is 1. The molecule has 35 heavy (non-hydrogen) atoms. The minimum Gasteiger partial charge on any atom is -0.374 e. The van der Waals surface area contributed by atoms with E-state index in [2.05, 4.69) is 9.97 Å². The Morgan fingerprint density at radius 1 is 1.06 bits per heavy atom. The summed E-state index contributed by atoms with van der Waals surface area (Å²) in [4.78, 5) is 75.8. The molecular weight excluding hydrogens is 452 g/mol. The van der Waals surface area contributed by atoms with E-state index in [0.29, 0.717) is 28.9 Å². The van der Waals surface area contributed by atoms with Gasteiger partial charge in [0.25, 0.3) is 0 Å². The first-order valence-electron chi connectivity index (χ1n) is 11.3. The number of nitrogens with two attached hydrogens (primary N) is 1. The smallest absolute Gasteiger partial charge is 0.235 e. The molecular formula is C25H24N4O6. The third kappa shape index (κ3) is 3.13. The molecule has 0 spiro atoms. The predicted molar refractivity (Wildman–Crippen MR) is 121 cm³/mol. The van der Waals surface area contributed by atoms with Crippen LogP contribution in [0.5, 0.6) is 0 Å². The summed E-state index contributed by atoms with van der Waals surface area (Å²) in [6.45, 7) is 0. The Kier molecular flexibility index (Phi) is 5.26. The number of aromatic nitrogens is 2. The SMILES string of the molecule is CN(C)[C@H]1C(=O)C(C(N)=O)C(=O)[C@@]2(O)C(=O)C3C(=O)c4cccc(-c5ncccn5)c4C[C@H]3C[C@@H]12. The standard InChI is InChI=1S/C25H24N4O6/c1-29(2)18-15-10-11-9-14-12(5-3-6-13(14)24-27-7-4-8-28-24)19(30)16(11)21(32)25(15,35)22(33)17(20(18)31)23(26)34/h3-8,11,15-18,35H,9-10H2,1-2H3,(H2,26,34)/t11-,15-,16?,17?,18+,25-/m0/s1. The van der Waals surface area contributed by atoms with Crippen molar-refractivity contribution >= 4 is 29.0 Å². The van der Waals surface area contributed by atoms with Crippen LogP contribution in [0.1, 0.15) is 22.3 Å². The van der Waals surface area contributed by atoms with Gasteiger partial charge in [-0.3, -0.25) is 28.9 Å². The maximum absolute atomic E-state index is 13.7. The number of amides is 1. The van der Waals surface area contributed by atoms with Crippen molar-refractivity contribution in [1.29, 1.82) is 0 Å². The Balaban J connectivity index is 1.64. The second kappa shape index (κ2) is 7.96.